The van der Waals surface area contributed by atoms with E-state index in [9.17, 15) is 4.79 Å². The highest BCUT2D eigenvalue weighted by molar-refractivity contribution is 7.99. The number of carbonyl (C=O) groups excluding carboxylic acids is 1. The summed E-state index contributed by atoms with van der Waals surface area (Å²) in [4.78, 5) is 24.6. The summed E-state index contributed by atoms with van der Waals surface area (Å²) in [6.07, 6.45) is 3.83. The van der Waals surface area contributed by atoms with E-state index in [1.165, 1.54) is 17.3 Å². The highest BCUT2D eigenvalue weighted by Gasteiger charge is 2.14. The van der Waals surface area contributed by atoms with E-state index in [2.05, 4.69) is 53.2 Å². The monoisotopic (exact) mass is 508 g/mol. The molecule has 0 aliphatic carbocycles. The average Bonchev–Trinajstić information content (AvgIpc) is 2.95. The van der Waals surface area contributed by atoms with Gasteiger partial charge in [-0.25, -0.2) is 9.97 Å². The van der Waals surface area contributed by atoms with Crippen LogP contribution in [-0.2, 0) is 16.0 Å². The molecule has 1 amide bonds. The fourth-order valence-electron chi connectivity index (χ4n) is 4.12. The van der Waals surface area contributed by atoms with E-state index in [0.717, 1.165) is 58.9 Å². The highest BCUT2D eigenvalue weighted by Crippen LogP contribution is 2.35. The molecule has 7 heteroatoms. The minimum atomic E-state index is -0.231. The molecule has 3 aromatic carbocycles. The van der Waals surface area contributed by atoms with Crippen LogP contribution in [0, 0.1) is 0 Å². The number of ether oxygens (including phenoxy) is 1. The quantitative estimate of drug-likeness (QED) is 0.238. The van der Waals surface area contributed by atoms with Gasteiger partial charge >= 0.3 is 0 Å². The van der Waals surface area contributed by atoms with Crippen molar-refractivity contribution < 1.29 is 9.53 Å². The molecule has 0 radical (unpaired) electrons. The van der Waals surface area contributed by atoms with E-state index < -0.39 is 0 Å². The molecule has 1 aromatic heterocycles. The smallest absolute Gasteiger partial charge is 0.247 e. The van der Waals surface area contributed by atoms with E-state index in [1.807, 2.05) is 48.7 Å². The lowest BCUT2D eigenvalue weighted by Gasteiger charge is -2.28. The third-order valence-electron chi connectivity index (χ3n) is 6.09. The lowest BCUT2D eigenvalue weighted by Crippen LogP contribution is -2.36. The van der Waals surface area contributed by atoms with Gasteiger partial charge in [0.25, 0.3) is 0 Å². The second-order valence-electron chi connectivity index (χ2n) is 8.63. The van der Waals surface area contributed by atoms with Crippen molar-refractivity contribution in [2.75, 3.05) is 36.5 Å². The van der Waals surface area contributed by atoms with Crippen LogP contribution in [-0.4, -0.2) is 42.2 Å². The number of hydrogen-bond donors (Lipinski definition) is 1. The minimum absolute atomic E-state index is 0.231. The Hall–Kier alpha value is -3.94. The Labute approximate surface area is 221 Å². The van der Waals surface area contributed by atoms with Gasteiger partial charge in [0.2, 0.25) is 5.91 Å². The molecule has 1 fully saturated rings. The maximum absolute atomic E-state index is 11.6. The van der Waals surface area contributed by atoms with Crippen LogP contribution in [0.4, 0.5) is 11.4 Å². The molecule has 186 valence electrons. The standard InChI is InChI=1S/C30H28N4O2S/c1-2-29(35)32-24-10-14-26(15-11-24)37-30-27(23-6-4-3-5-7-23)21-31-28(33-30)20-22-8-12-25(13-9-22)34-16-18-36-19-17-34/h2-15,21H,1,16-20H2,(H,32,35). The SMILES string of the molecule is C=CC(=O)Nc1ccc(Sc2nc(Cc3ccc(N4CCOCC4)cc3)ncc2-c2ccccc2)cc1. The molecular formula is C30H28N4O2S. The number of nitrogens with zero attached hydrogens (tertiary/aromatic N) is 3. The van der Waals surface area contributed by atoms with Crippen molar-refractivity contribution in [2.45, 2.75) is 16.3 Å². The predicted octanol–water partition coefficient (Wildman–Crippen LogP) is 5.85. The van der Waals surface area contributed by atoms with Crippen molar-refractivity contribution in [1.82, 2.24) is 9.97 Å². The first kappa shape index (κ1) is 24.7. The van der Waals surface area contributed by atoms with Crippen molar-refractivity contribution in [1.29, 1.82) is 0 Å². The largest absolute Gasteiger partial charge is 0.378 e. The van der Waals surface area contributed by atoms with Gasteiger partial charge in [-0.05, 0) is 53.6 Å². The summed E-state index contributed by atoms with van der Waals surface area (Å²) < 4.78 is 5.46. The first-order valence-electron chi connectivity index (χ1n) is 12.2. The number of morpholine rings is 1. The van der Waals surface area contributed by atoms with Gasteiger partial charge in [-0.1, -0.05) is 60.8 Å². The first-order chi connectivity index (χ1) is 18.2. The van der Waals surface area contributed by atoms with Gasteiger partial charge in [0, 0.05) is 47.5 Å². The van der Waals surface area contributed by atoms with E-state index in [0.29, 0.717) is 6.42 Å². The van der Waals surface area contributed by atoms with Crippen LogP contribution in [0.25, 0.3) is 11.1 Å². The molecule has 5 rings (SSSR count). The lowest BCUT2D eigenvalue weighted by atomic mass is 10.1. The Bertz CT molecular complexity index is 1350. The van der Waals surface area contributed by atoms with Crippen molar-refractivity contribution in [3.8, 4) is 11.1 Å². The minimum Gasteiger partial charge on any atom is -0.378 e. The van der Waals surface area contributed by atoms with Crippen molar-refractivity contribution >= 4 is 29.0 Å². The number of amides is 1. The van der Waals surface area contributed by atoms with Gasteiger partial charge < -0.3 is 15.0 Å². The van der Waals surface area contributed by atoms with Crippen molar-refractivity contribution in [2.24, 2.45) is 0 Å². The fourth-order valence-corrected chi connectivity index (χ4v) is 5.05. The number of rotatable bonds is 8. The number of hydrogen-bond acceptors (Lipinski definition) is 6. The molecule has 6 nitrogen and oxygen atoms in total. The van der Waals surface area contributed by atoms with Crippen LogP contribution in [0.2, 0.25) is 0 Å². The normalized spacial score (nSPS) is 13.2. The molecule has 1 aliphatic rings. The third-order valence-corrected chi connectivity index (χ3v) is 7.10. The highest BCUT2D eigenvalue weighted by atomic mass is 32.2. The van der Waals surface area contributed by atoms with Crippen molar-refractivity contribution in [3.63, 3.8) is 0 Å². The molecule has 0 unspecified atom stereocenters. The maximum atomic E-state index is 11.6. The number of aromatic nitrogens is 2. The lowest BCUT2D eigenvalue weighted by molar-refractivity contribution is -0.111. The van der Waals surface area contributed by atoms with E-state index in [4.69, 9.17) is 14.7 Å². The van der Waals surface area contributed by atoms with Crippen LogP contribution in [0.5, 0.6) is 0 Å². The van der Waals surface area contributed by atoms with Crippen LogP contribution in [0.3, 0.4) is 0 Å². The summed E-state index contributed by atoms with van der Waals surface area (Å²) >= 11 is 1.59. The Morgan fingerprint density at radius 1 is 1.00 bits per heavy atom. The van der Waals surface area contributed by atoms with Gasteiger partial charge in [-0.2, -0.15) is 0 Å². The molecule has 1 saturated heterocycles. The summed E-state index contributed by atoms with van der Waals surface area (Å²) in [6, 6.07) is 26.5. The molecule has 4 aromatic rings. The Balaban J connectivity index is 1.37. The van der Waals surface area contributed by atoms with Crippen LogP contribution >= 0.6 is 11.8 Å². The first-order valence-corrected chi connectivity index (χ1v) is 13.0. The number of benzene rings is 3. The number of carbonyl (C=O) groups is 1. The Morgan fingerprint density at radius 2 is 1.73 bits per heavy atom. The second kappa shape index (κ2) is 11.9. The third kappa shape index (κ3) is 6.44. The molecule has 1 N–H and O–H groups in total. The molecular weight excluding hydrogens is 480 g/mol. The van der Waals surface area contributed by atoms with Gasteiger partial charge in [0.05, 0.1) is 13.2 Å². The Morgan fingerprint density at radius 3 is 2.43 bits per heavy atom. The molecule has 0 bridgehead atoms. The second-order valence-corrected chi connectivity index (χ2v) is 9.70. The molecule has 2 heterocycles. The maximum Gasteiger partial charge on any atom is 0.247 e. The van der Waals surface area contributed by atoms with Crippen LogP contribution in [0.15, 0.2) is 108 Å². The summed E-state index contributed by atoms with van der Waals surface area (Å²) in [5, 5.41) is 3.67. The zero-order valence-electron chi connectivity index (χ0n) is 20.5. The van der Waals surface area contributed by atoms with Gasteiger partial charge in [0.1, 0.15) is 10.9 Å². The van der Waals surface area contributed by atoms with E-state index in [-0.39, 0.29) is 5.91 Å². The van der Waals surface area contributed by atoms with Crippen LogP contribution in [0.1, 0.15) is 11.4 Å². The predicted molar refractivity (Wildman–Crippen MR) is 149 cm³/mol. The summed E-state index contributed by atoms with van der Waals surface area (Å²) in [7, 11) is 0. The number of anilines is 2. The summed E-state index contributed by atoms with van der Waals surface area (Å²) in [6.45, 7) is 6.89. The zero-order chi connectivity index (χ0) is 25.5. The van der Waals surface area contributed by atoms with Gasteiger partial charge in [-0.15, -0.1) is 0 Å². The Kier molecular flexibility index (Phi) is 7.93. The zero-order valence-corrected chi connectivity index (χ0v) is 21.3. The van der Waals surface area contributed by atoms with Gasteiger partial charge in [0.15, 0.2) is 0 Å². The van der Waals surface area contributed by atoms with Crippen LogP contribution < -0.4 is 10.2 Å². The van der Waals surface area contributed by atoms with E-state index >= 15 is 0 Å². The molecule has 0 atom stereocenters. The summed E-state index contributed by atoms with van der Waals surface area (Å²) in [5.74, 6) is 0.543. The fraction of sp³-hybridized carbons (Fsp3) is 0.167. The molecule has 0 saturated carbocycles. The number of nitrogens with one attached hydrogen (secondary N) is 1. The molecule has 0 spiro atoms. The topological polar surface area (TPSA) is 67.4 Å². The van der Waals surface area contributed by atoms with E-state index in [1.54, 1.807) is 11.8 Å². The average molecular weight is 509 g/mol. The summed E-state index contributed by atoms with van der Waals surface area (Å²) in [5.41, 5.74) is 5.17. The van der Waals surface area contributed by atoms with Crippen molar-refractivity contribution in [3.05, 3.63) is 109 Å². The molecule has 37 heavy (non-hydrogen) atoms. The van der Waals surface area contributed by atoms with Gasteiger partial charge in [-0.3, -0.25) is 4.79 Å². The molecule has 1 aliphatic heterocycles.